The fourth-order valence-corrected chi connectivity index (χ4v) is 2.81. The number of aryl methyl sites for hydroxylation is 1. The molecular formula is C20H24BrNO2. The normalized spacial score (nSPS) is 10.8. The molecule has 0 atom stereocenters. The minimum absolute atomic E-state index is 0.0297. The molecule has 2 rings (SSSR count). The number of hydrogen-bond donors (Lipinski definition) is 0. The number of amides is 1. The predicted octanol–water partition coefficient (Wildman–Crippen LogP) is 4.92. The number of likely N-dealkylation sites (N-methyl/N-ethyl adjacent to an activating group) is 1. The van der Waals surface area contributed by atoms with E-state index in [1.807, 2.05) is 30.3 Å². The van der Waals surface area contributed by atoms with Crippen molar-refractivity contribution < 1.29 is 9.53 Å². The monoisotopic (exact) mass is 389 g/mol. The zero-order valence-electron chi connectivity index (χ0n) is 14.7. The van der Waals surface area contributed by atoms with Gasteiger partial charge >= 0.3 is 0 Å². The second-order valence-electron chi connectivity index (χ2n) is 6.37. The van der Waals surface area contributed by atoms with E-state index in [1.54, 1.807) is 11.9 Å². The van der Waals surface area contributed by atoms with Gasteiger partial charge in [0.1, 0.15) is 5.75 Å². The first kappa shape index (κ1) is 18.5. The standard InChI is InChI=1S/C20H24BrNO2/c1-14(2)17-9-10-19(18(21)11-17)24-13-20(23)22(4)12-16-7-5-15(3)6-8-16/h5-11,14H,12-13H2,1-4H3. The van der Waals surface area contributed by atoms with Gasteiger partial charge < -0.3 is 9.64 Å². The van der Waals surface area contributed by atoms with Crippen molar-refractivity contribution in [1.29, 1.82) is 0 Å². The van der Waals surface area contributed by atoms with Crippen molar-refractivity contribution in [2.45, 2.75) is 33.2 Å². The molecule has 0 aliphatic heterocycles. The summed E-state index contributed by atoms with van der Waals surface area (Å²) in [5.41, 5.74) is 3.56. The van der Waals surface area contributed by atoms with Crippen LogP contribution in [0.3, 0.4) is 0 Å². The van der Waals surface area contributed by atoms with Crippen LogP contribution in [0.2, 0.25) is 0 Å². The van der Waals surface area contributed by atoms with Crippen LogP contribution < -0.4 is 4.74 Å². The molecule has 0 spiro atoms. The summed E-state index contributed by atoms with van der Waals surface area (Å²) in [6.07, 6.45) is 0. The Kier molecular flexibility index (Phi) is 6.44. The molecule has 3 nitrogen and oxygen atoms in total. The molecule has 2 aromatic carbocycles. The van der Waals surface area contributed by atoms with Gasteiger partial charge in [-0.05, 0) is 52.0 Å². The summed E-state index contributed by atoms with van der Waals surface area (Å²) in [5.74, 6) is 1.10. The highest BCUT2D eigenvalue weighted by atomic mass is 79.9. The van der Waals surface area contributed by atoms with Crippen LogP contribution in [-0.2, 0) is 11.3 Å². The Morgan fingerprint density at radius 3 is 2.42 bits per heavy atom. The number of hydrogen-bond acceptors (Lipinski definition) is 2. The Bertz CT molecular complexity index is 695. The summed E-state index contributed by atoms with van der Waals surface area (Å²) in [6, 6.07) is 14.2. The first-order valence-electron chi connectivity index (χ1n) is 8.08. The van der Waals surface area contributed by atoms with E-state index in [-0.39, 0.29) is 12.5 Å². The Hall–Kier alpha value is -1.81. The number of halogens is 1. The largest absolute Gasteiger partial charge is 0.483 e. The van der Waals surface area contributed by atoms with Gasteiger partial charge in [0, 0.05) is 13.6 Å². The molecule has 0 aliphatic rings. The maximum Gasteiger partial charge on any atom is 0.260 e. The van der Waals surface area contributed by atoms with Crippen molar-refractivity contribution in [3.8, 4) is 5.75 Å². The molecule has 1 amide bonds. The minimum Gasteiger partial charge on any atom is -0.483 e. The van der Waals surface area contributed by atoms with Gasteiger partial charge in [-0.3, -0.25) is 4.79 Å². The van der Waals surface area contributed by atoms with E-state index in [9.17, 15) is 4.79 Å². The van der Waals surface area contributed by atoms with E-state index in [0.717, 1.165) is 10.0 Å². The smallest absolute Gasteiger partial charge is 0.260 e. The molecule has 0 aliphatic carbocycles. The zero-order valence-corrected chi connectivity index (χ0v) is 16.3. The van der Waals surface area contributed by atoms with Crippen LogP contribution in [0.25, 0.3) is 0 Å². The van der Waals surface area contributed by atoms with Crippen LogP contribution >= 0.6 is 15.9 Å². The van der Waals surface area contributed by atoms with Crippen LogP contribution in [0, 0.1) is 6.92 Å². The van der Waals surface area contributed by atoms with Crippen molar-refractivity contribution in [1.82, 2.24) is 4.90 Å². The molecule has 4 heteroatoms. The van der Waals surface area contributed by atoms with Gasteiger partial charge in [0.2, 0.25) is 0 Å². The highest BCUT2D eigenvalue weighted by Gasteiger charge is 2.12. The molecular weight excluding hydrogens is 366 g/mol. The van der Waals surface area contributed by atoms with Crippen molar-refractivity contribution in [2.75, 3.05) is 13.7 Å². The van der Waals surface area contributed by atoms with Crippen LogP contribution in [0.1, 0.15) is 36.5 Å². The second-order valence-corrected chi connectivity index (χ2v) is 7.22. The van der Waals surface area contributed by atoms with Gasteiger partial charge in [-0.15, -0.1) is 0 Å². The minimum atomic E-state index is -0.0459. The number of benzene rings is 2. The lowest BCUT2D eigenvalue weighted by Gasteiger charge is -2.18. The lowest BCUT2D eigenvalue weighted by Crippen LogP contribution is -2.31. The quantitative estimate of drug-likeness (QED) is 0.701. The van der Waals surface area contributed by atoms with Crippen LogP contribution in [-0.4, -0.2) is 24.5 Å². The lowest BCUT2D eigenvalue weighted by molar-refractivity contribution is -0.132. The highest BCUT2D eigenvalue weighted by Crippen LogP contribution is 2.28. The van der Waals surface area contributed by atoms with E-state index in [4.69, 9.17) is 4.74 Å². The van der Waals surface area contributed by atoms with Gasteiger partial charge in [-0.25, -0.2) is 0 Å². The van der Waals surface area contributed by atoms with Crippen LogP contribution in [0.4, 0.5) is 0 Å². The summed E-state index contributed by atoms with van der Waals surface area (Å²) in [6.45, 7) is 6.95. The van der Waals surface area contributed by atoms with Crippen molar-refractivity contribution in [3.05, 3.63) is 63.6 Å². The summed E-state index contributed by atoms with van der Waals surface area (Å²) >= 11 is 3.51. The zero-order chi connectivity index (χ0) is 17.7. The van der Waals surface area contributed by atoms with Crippen LogP contribution in [0.15, 0.2) is 46.9 Å². The van der Waals surface area contributed by atoms with E-state index in [1.165, 1.54) is 11.1 Å². The van der Waals surface area contributed by atoms with Crippen molar-refractivity contribution >= 4 is 21.8 Å². The first-order chi connectivity index (χ1) is 11.4. The Morgan fingerprint density at radius 2 is 1.83 bits per heavy atom. The van der Waals surface area contributed by atoms with Crippen LogP contribution in [0.5, 0.6) is 5.75 Å². The number of ether oxygens (including phenoxy) is 1. The van der Waals surface area contributed by atoms with Crippen molar-refractivity contribution in [2.24, 2.45) is 0 Å². The van der Waals surface area contributed by atoms with E-state index in [2.05, 4.69) is 48.8 Å². The molecule has 0 radical (unpaired) electrons. The SMILES string of the molecule is Cc1ccc(CN(C)C(=O)COc2ccc(C(C)C)cc2Br)cc1. The third kappa shape index (κ3) is 5.10. The fourth-order valence-electron chi connectivity index (χ4n) is 2.30. The Morgan fingerprint density at radius 1 is 1.17 bits per heavy atom. The number of nitrogens with zero attached hydrogens (tertiary/aromatic N) is 1. The molecule has 0 heterocycles. The molecule has 0 N–H and O–H groups in total. The molecule has 0 saturated heterocycles. The fraction of sp³-hybridized carbons (Fsp3) is 0.350. The van der Waals surface area contributed by atoms with Gasteiger partial charge in [0.25, 0.3) is 5.91 Å². The molecule has 0 unspecified atom stereocenters. The average Bonchev–Trinajstić information content (AvgIpc) is 2.55. The number of carbonyl (C=O) groups excluding carboxylic acids is 1. The molecule has 24 heavy (non-hydrogen) atoms. The topological polar surface area (TPSA) is 29.5 Å². The molecule has 2 aromatic rings. The predicted molar refractivity (Wildman–Crippen MR) is 101 cm³/mol. The number of carbonyl (C=O) groups is 1. The number of rotatable bonds is 6. The van der Waals surface area contributed by atoms with E-state index < -0.39 is 0 Å². The second kappa shape index (κ2) is 8.34. The summed E-state index contributed by atoms with van der Waals surface area (Å²) in [7, 11) is 1.79. The van der Waals surface area contributed by atoms with E-state index in [0.29, 0.717) is 18.2 Å². The average molecular weight is 390 g/mol. The summed E-state index contributed by atoms with van der Waals surface area (Å²) in [5, 5.41) is 0. The van der Waals surface area contributed by atoms with Gasteiger partial charge in [0.05, 0.1) is 4.47 Å². The molecule has 0 bridgehead atoms. The molecule has 0 aromatic heterocycles. The highest BCUT2D eigenvalue weighted by molar-refractivity contribution is 9.10. The van der Waals surface area contributed by atoms with Gasteiger partial charge in [-0.1, -0.05) is 49.7 Å². The maximum atomic E-state index is 12.3. The Labute approximate surface area is 152 Å². The van der Waals surface area contributed by atoms with E-state index >= 15 is 0 Å². The summed E-state index contributed by atoms with van der Waals surface area (Å²) in [4.78, 5) is 13.9. The third-order valence-electron chi connectivity index (χ3n) is 3.94. The van der Waals surface area contributed by atoms with Gasteiger partial charge in [-0.2, -0.15) is 0 Å². The summed E-state index contributed by atoms with van der Waals surface area (Å²) < 4.78 is 6.55. The Balaban J connectivity index is 1.91. The molecule has 0 saturated carbocycles. The first-order valence-corrected chi connectivity index (χ1v) is 8.88. The lowest BCUT2D eigenvalue weighted by atomic mass is 10.0. The third-order valence-corrected chi connectivity index (χ3v) is 4.56. The molecule has 128 valence electrons. The van der Waals surface area contributed by atoms with Gasteiger partial charge in [0.15, 0.2) is 6.61 Å². The molecule has 0 fully saturated rings. The maximum absolute atomic E-state index is 12.3. The van der Waals surface area contributed by atoms with Crippen molar-refractivity contribution in [3.63, 3.8) is 0 Å².